The van der Waals surface area contributed by atoms with Crippen molar-refractivity contribution in [3.63, 3.8) is 0 Å². The van der Waals surface area contributed by atoms with Gasteiger partial charge in [-0.05, 0) is 19.4 Å². The van der Waals surface area contributed by atoms with Gasteiger partial charge in [-0.1, -0.05) is 13.8 Å². The summed E-state index contributed by atoms with van der Waals surface area (Å²) in [5.74, 6) is 0.613. The van der Waals surface area contributed by atoms with Crippen molar-refractivity contribution in [3.05, 3.63) is 0 Å². The average Bonchev–Trinajstić information content (AvgIpc) is 1.82. The summed E-state index contributed by atoms with van der Waals surface area (Å²) in [5.41, 5.74) is 0. The lowest BCUT2D eigenvalue weighted by molar-refractivity contribution is 0.249. The summed E-state index contributed by atoms with van der Waals surface area (Å²) < 4.78 is 0. The molecular formula is C7H17NO. The molecule has 0 unspecified atom stereocenters. The van der Waals surface area contributed by atoms with Crippen LogP contribution < -0.4 is 5.32 Å². The van der Waals surface area contributed by atoms with Crippen LogP contribution in [0.15, 0.2) is 0 Å². The van der Waals surface area contributed by atoms with Gasteiger partial charge in [0.15, 0.2) is 0 Å². The zero-order valence-corrected chi connectivity index (χ0v) is 6.52. The third-order valence-electron chi connectivity index (χ3n) is 1.62. The molecule has 2 nitrogen and oxygen atoms in total. The number of hydrogen-bond donors (Lipinski definition) is 2. The Morgan fingerprint density at radius 2 is 2.00 bits per heavy atom. The SMILES string of the molecule is CN[C@@H](CCO)C(C)C. The zero-order chi connectivity index (χ0) is 7.28. The molecule has 0 spiro atoms. The Labute approximate surface area is 57.3 Å². The van der Waals surface area contributed by atoms with E-state index in [1.165, 1.54) is 0 Å². The number of aliphatic hydroxyl groups is 1. The van der Waals surface area contributed by atoms with Crippen LogP contribution in [0.3, 0.4) is 0 Å². The number of aliphatic hydroxyl groups excluding tert-OH is 1. The van der Waals surface area contributed by atoms with Crippen molar-refractivity contribution in [2.24, 2.45) is 5.92 Å². The molecule has 0 rings (SSSR count). The summed E-state index contributed by atoms with van der Waals surface area (Å²) in [4.78, 5) is 0. The normalized spacial score (nSPS) is 14.3. The Bertz CT molecular complexity index is 63.9. The largest absolute Gasteiger partial charge is 0.396 e. The fraction of sp³-hybridized carbons (Fsp3) is 1.00. The molecule has 0 aliphatic rings. The fourth-order valence-electron chi connectivity index (χ4n) is 0.950. The van der Waals surface area contributed by atoms with Crippen LogP contribution in [0.25, 0.3) is 0 Å². The molecule has 0 aromatic carbocycles. The van der Waals surface area contributed by atoms with Crippen LogP contribution in [0, 0.1) is 5.92 Å². The van der Waals surface area contributed by atoms with Gasteiger partial charge in [0.2, 0.25) is 0 Å². The molecule has 0 saturated carbocycles. The fourth-order valence-corrected chi connectivity index (χ4v) is 0.950. The predicted octanol–water partition coefficient (Wildman–Crippen LogP) is 0.613. The Kier molecular flexibility index (Phi) is 4.72. The molecule has 0 radical (unpaired) electrons. The summed E-state index contributed by atoms with van der Waals surface area (Å²) in [5, 5.41) is 11.7. The third-order valence-corrected chi connectivity index (χ3v) is 1.62. The summed E-state index contributed by atoms with van der Waals surface area (Å²) >= 11 is 0. The number of hydrogen-bond acceptors (Lipinski definition) is 2. The quantitative estimate of drug-likeness (QED) is 0.586. The average molecular weight is 131 g/mol. The maximum Gasteiger partial charge on any atom is 0.0445 e. The van der Waals surface area contributed by atoms with Gasteiger partial charge in [-0.3, -0.25) is 0 Å². The van der Waals surface area contributed by atoms with Crippen LogP contribution in [0.5, 0.6) is 0 Å². The van der Waals surface area contributed by atoms with Crippen LogP contribution in [-0.4, -0.2) is 24.8 Å². The first kappa shape index (κ1) is 8.92. The first-order chi connectivity index (χ1) is 4.22. The van der Waals surface area contributed by atoms with Gasteiger partial charge in [0.05, 0.1) is 0 Å². The number of rotatable bonds is 4. The van der Waals surface area contributed by atoms with Gasteiger partial charge >= 0.3 is 0 Å². The molecule has 2 heteroatoms. The first-order valence-corrected chi connectivity index (χ1v) is 3.50. The van der Waals surface area contributed by atoms with Crippen LogP contribution in [0.1, 0.15) is 20.3 Å². The van der Waals surface area contributed by atoms with Gasteiger partial charge in [-0.25, -0.2) is 0 Å². The molecule has 1 atom stereocenters. The van der Waals surface area contributed by atoms with E-state index in [-0.39, 0.29) is 6.61 Å². The lowest BCUT2D eigenvalue weighted by Gasteiger charge is -2.18. The van der Waals surface area contributed by atoms with E-state index in [4.69, 9.17) is 5.11 Å². The highest BCUT2D eigenvalue weighted by molar-refractivity contribution is 4.66. The van der Waals surface area contributed by atoms with Gasteiger partial charge in [0.1, 0.15) is 0 Å². The summed E-state index contributed by atoms with van der Waals surface area (Å²) in [6, 6.07) is 0.468. The van der Waals surface area contributed by atoms with Gasteiger partial charge in [-0.15, -0.1) is 0 Å². The zero-order valence-electron chi connectivity index (χ0n) is 6.52. The van der Waals surface area contributed by atoms with Crippen molar-refractivity contribution in [1.29, 1.82) is 0 Å². The monoisotopic (exact) mass is 131 g/mol. The van der Waals surface area contributed by atoms with E-state index in [1.807, 2.05) is 7.05 Å². The maximum absolute atomic E-state index is 8.58. The van der Waals surface area contributed by atoms with Crippen molar-refractivity contribution in [2.45, 2.75) is 26.3 Å². The molecule has 0 aliphatic carbocycles. The van der Waals surface area contributed by atoms with Crippen molar-refractivity contribution in [2.75, 3.05) is 13.7 Å². The van der Waals surface area contributed by atoms with Crippen molar-refractivity contribution >= 4 is 0 Å². The first-order valence-electron chi connectivity index (χ1n) is 3.50. The van der Waals surface area contributed by atoms with Crippen LogP contribution in [-0.2, 0) is 0 Å². The highest BCUT2D eigenvalue weighted by atomic mass is 16.3. The van der Waals surface area contributed by atoms with Gasteiger partial charge in [0, 0.05) is 12.6 Å². The molecule has 56 valence electrons. The van der Waals surface area contributed by atoms with Crippen LogP contribution in [0.2, 0.25) is 0 Å². The second-order valence-corrected chi connectivity index (χ2v) is 2.65. The summed E-state index contributed by atoms with van der Waals surface area (Å²) in [6.45, 7) is 4.58. The predicted molar refractivity (Wildman–Crippen MR) is 39.4 cm³/mol. The Hall–Kier alpha value is -0.0800. The minimum atomic E-state index is 0.281. The minimum Gasteiger partial charge on any atom is -0.396 e. The van der Waals surface area contributed by atoms with Crippen LogP contribution >= 0.6 is 0 Å². The molecule has 0 aromatic rings. The second kappa shape index (κ2) is 4.77. The molecule has 0 heterocycles. The number of nitrogens with one attached hydrogen (secondary N) is 1. The Balaban J connectivity index is 3.41. The van der Waals surface area contributed by atoms with E-state index in [2.05, 4.69) is 19.2 Å². The molecule has 0 aromatic heterocycles. The van der Waals surface area contributed by atoms with E-state index in [0.717, 1.165) is 6.42 Å². The van der Waals surface area contributed by atoms with E-state index in [1.54, 1.807) is 0 Å². The highest BCUT2D eigenvalue weighted by Crippen LogP contribution is 2.03. The molecule has 2 N–H and O–H groups in total. The van der Waals surface area contributed by atoms with Crippen molar-refractivity contribution in [3.8, 4) is 0 Å². The maximum atomic E-state index is 8.58. The third kappa shape index (κ3) is 3.49. The van der Waals surface area contributed by atoms with E-state index in [0.29, 0.717) is 12.0 Å². The summed E-state index contributed by atoms with van der Waals surface area (Å²) in [7, 11) is 1.93. The standard InChI is InChI=1S/C7H17NO/c1-6(2)7(8-3)4-5-9/h6-9H,4-5H2,1-3H3/t7-/m0/s1. The smallest absolute Gasteiger partial charge is 0.0445 e. The van der Waals surface area contributed by atoms with Gasteiger partial charge in [-0.2, -0.15) is 0 Å². The van der Waals surface area contributed by atoms with Crippen molar-refractivity contribution < 1.29 is 5.11 Å². The molecule has 0 aliphatic heterocycles. The lowest BCUT2D eigenvalue weighted by atomic mass is 10.0. The lowest BCUT2D eigenvalue weighted by Crippen LogP contribution is -2.31. The Morgan fingerprint density at radius 3 is 2.11 bits per heavy atom. The molecular weight excluding hydrogens is 114 g/mol. The molecule has 9 heavy (non-hydrogen) atoms. The minimum absolute atomic E-state index is 0.281. The molecule has 0 saturated heterocycles. The molecule has 0 fully saturated rings. The molecule has 0 bridgehead atoms. The highest BCUT2D eigenvalue weighted by Gasteiger charge is 2.08. The molecule has 0 amide bonds. The topological polar surface area (TPSA) is 32.3 Å². The van der Waals surface area contributed by atoms with Gasteiger partial charge in [0.25, 0.3) is 0 Å². The van der Waals surface area contributed by atoms with Gasteiger partial charge < -0.3 is 10.4 Å². The summed E-state index contributed by atoms with van der Waals surface area (Å²) in [6.07, 6.45) is 0.855. The van der Waals surface area contributed by atoms with E-state index < -0.39 is 0 Å². The Morgan fingerprint density at radius 1 is 1.44 bits per heavy atom. The second-order valence-electron chi connectivity index (χ2n) is 2.65. The van der Waals surface area contributed by atoms with Crippen molar-refractivity contribution in [1.82, 2.24) is 5.32 Å². The van der Waals surface area contributed by atoms with E-state index >= 15 is 0 Å². The van der Waals surface area contributed by atoms with E-state index in [9.17, 15) is 0 Å². The van der Waals surface area contributed by atoms with Crippen LogP contribution in [0.4, 0.5) is 0 Å².